The average molecular weight is 722 g/mol. The van der Waals surface area contributed by atoms with Gasteiger partial charge in [0.2, 0.25) is 0 Å². The molecule has 0 spiro atoms. The van der Waals surface area contributed by atoms with Crippen LogP contribution in [0, 0.1) is 11.6 Å². The van der Waals surface area contributed by atoms with E-state index in [1.54, 1.807) is 6.07 Å². The zero-order valence-electron chi connectivity index (χ0n) is 27.7. The number of nitrogens with two attached hydrogens (primary N) is 1. The predicted octanol–water partition coefficient (Wildman–Crippen LogP) is 4.63. The highest BCUT2D eigenvalue weighted by Gasteiger charge is 2.37. The number of hydrogen-bond donors (Lipinski definition) is 3. The number of nitrogens with zero attached hydrogens (tertiary/aromatic N) is 7. The van der Waals surface area contributed by atoms with Crippen LogP contribution in [0.3, 0.4) is 0 Å². The second kappa shape index (κ2) is 13.4. The molecule has 12 nitrogen and oxygen atoms in total. The van der Waals surface area contributed by atoms with Crippen LogP contribution in [0.4, 0.5) is 14.6 Å². The van der Waals surface area contributed by atoms with Gasteiger partial charge in [0.1, 0.15) is 34.7 Å². The van der Waals surface area contributed by atoms with E-state index in [1.807, 2.05) is 70.3 Å². The van der Waals surface area contributed by atoms with Crippen molar-refractivity contribution in [3.8, 4) is 11.4 Å². The molecule has 1 saturated heterocycles. The molecule has 1 aliphatic rings. The largest absolute Gasteiger partial charge is 0.382 e. The molecule has 1 amide bonds. The van der Waals surface area contributed by atoms with Gasteiger partial charge in [-0.3, -0.25) is 19.1 Å². The molecule has 264 valence electrons. The molecule has 3 aromatic carbocycles. The molecule has 15 heteroatoms. The molecule has 1 aliphatic heterocycles. The molecule has 0 radical (unpaired) electrons. The molecule has 8 rings (SSSR count). The number of hydrogen-bond acceptors (Lipinski definition) is 9. The lowest BCUT2D eigenvalue weighted by Crippen LogP contribution is -2.50. The maximum Gasteiger partial charge on any atom is 0.298 e. The Hall–Kier alpha value is -5.77. The lowest BCUT2D eigenvalue weighted by molar-refractivity contribution is -0.0271. The van der Waals surface area contributed by atoms with Crippen molar-refractivity contribution in [1.29, 1.82) is 0 Å². The summed E-state index contributed by atoms with van der Waals surface area (Å²) >= 11 is 1.15. The summed E-state index contributed by atoms with van der Waals surface area (Å²) in [5, 5.41) is 19.9. The van der Waals surface area contributed by atoms with Crippen LogP contribution in [0.15, 0.2) is 103 Å². The van der Waals surface area contributed by atoms with Crippen LogP contribution >= 0.6 is 11.3 Å². The summed E-state index contributed by atoms with van der Waals surface area (Å²) in [5.74, 6) is -2.06. The zero-order chi connectivity index (χ0) is 36.0. The van der Waals surface area contributed by atoms with Gasteiger partial charge < -0.3 is 20.7 Å². The van der Waals surface area contributed by atoms with E-state index in [1.165, 1.54) is 28.0 Å². The fraction of sp³-hybridized carbons (Fsp3) is 0.216. The summed E-state index contributed by atoms with van der Waals surface area (Å²) in [6.45, 7) is 0.976. The third-order valence-corrected chi connectivity index (χ3v) is 10.5. The number of carbonyl (C=O) groups excluding carboxylic acids is 1. The van der Waals surface area contributed by atoms with Gasteiger partial charge in [-0.1, -0.05) is 30.3 Å². The van der Waals surface area contributed by atoms with Crippen LogP contribution in [-0.2, 0) is 12.1 Å². The highest BCUT2D eigenvalue weighted by atomic mass is 32.1. The number of fused-ring (bicyclic) bond motifs is 2. The van der Waals surface area contributed by atoms with E-state index < -0.39 is 22.8 Å². The number of aliphatic hydroxyl groups is 1. The van der Waals surface area contributed by atoms with Crippen LogP contribution in [-0.4, -0.2) is 70.5 Å². The molecule has 4 aromatic heterocycles. The third-order valence-electron chi connectivity index (χ3n) is 9.50. The van der Waals surface area contributed by atoms with E-state index in [2.05, 4.69) is 20.4 Å². The topological polar surface area (TPSA) is 149 Å². The minimum absolute atomic E-state index is 0.0395. The number of halogens is 2. The van der Waals surface area contributed by atoms with Crippen LogP contribution in [0.5, 0.6) is 0 Å². The molecule has 0 saturated carbocycles. The van der Waals surface area contributed by atoms with E-state index in [0.717, 1.165) is 40.1 Å². The lowest BCUT2D eigenvalue weighted by Gasteiger charge is -2.38. The fourth-order valence-electron chi connectivity index (χ4n) is 6.96. The Bertz CT molecular complexity index is 2470. The molecule has 0 aliphatic carbocycles. The number of aromatic nitrogens is 6. The quantitative estimate of drug-likeness (QED) is 0.196. The van der Waals surface area contributed by atoms with Gasteiger partial charge in [0.25, 0.3) is 11.5 Å². The Morgan fingerprint density at radius 2 is 1.79 bits per heavy atom. The van der Waals surface area contributed by atoms with E-state index in [9.17, 15) is 23.5 Å². The van der Waals surface area contributed by atoms with E-state index in [0.29, 0.717) is 46.8 Å². The standard InChI is InChI=1S/C37H33F2N9O3S/c38-24-7-9-28(29(39)16-24)37(51,20-46-22-41-21-42-46)19-45-13-11-25(12-14-45)43-34(49)32-18-31-35(52-32)44-33(40)36(50)48(31)27-8-6-23-10-15-47(30(23)17-27)26-4-2-1-3-5-26/h1-10,15-18,21-22,25,51H,11-14,19-20H2,(H2,40,44)(H,43,49)/t37-/m1/s1. The number of anilines is 1. The maximum absolute atomic E-state index is 14.9. The summed E-state index contributed by atoms with van der Waals surface area (Å²) in [6.07, 6.45) is 5.86. The monoisotopic (exact) mass is 721 g/mol. The number of para-hydroxylation sites is 1. The van der Waals surface area contributed by atoms with Gasteiger partial charge >= 0.3 is 0 Å². The van der Waals surface area contributed by atoms with Crippen LogP contribution < -0.4 is 16.6 Å². The number of nitrogen functional groups attached to an aromatic ring is 1. The smallest absolute Gasteiger partial charge is 0.298 e. The minimum Gasteiger partial charge on any atom is -0.382 e. The second-order valence-electron chi connectivity index (χ2n) is 13.0. The molecule has 1 fully saturated rings. The van der Waals surface area contributed by atoms with Gasteiger partial charge in [-0.05, 0) is 55.3 Å². The van der Waals surface area contributed by atoms with Gasteiger partial charge in [0.15, 0.2) is 5.82 Å². The first kappa shape index (κ1) is 33.4. The van der Waals surface area contributed by atoms with Gasteiger partial charge in [0, 0.05) is 54.6 Å². The van der Waals surface area contributed by atoms with Crippen molar-refractivity contribution in [2.75, 3.05) is 25.4 Å². The lowest BCUT2D eigenvalue weighted by atomic mass is 9.91. The number of carbonyl (C=O) groups is 1. The van der Waals surface area contributed by atoms with Crippen molar-refractivity contribution in [2.24, 2.45) is 0 Å². The van der Waals surface area contributed by atoms with Crippen LogP contribution in [0.25, 0.3) is 32.6 Å². The Balaban J connectivity index is 0.998. The number of β-amino-alcohol motifs (C(OH)–C–C–N with tert-alkyl or cyclic N) is 1. The molecule has 0 bridgehead atoms. The van der Waals surface area contributed by atoms with E-state index in [-0.39, 0.29) is 36.4 Å². The van der Waals surface area contributed by atoms with Crippen molar-refractivity contribution in [3.63, 3.8) is 0 Å². The SMILES string of the molecule is Nc1nc2sc(C(=O)NC3CCN(C[C@@](O)(Cn4cncn4)c4ccc(F)cc4F)CC3)cc2n(-c2ccc3ccn(-c4ccccc4)c3c2)c1=O. The number of amides is 1. The summed E-state index contributed by atoms with van der Waals surface area (Å²) in [6, 6.07) is 22.2. The van der Waals surface area contributed by atoms with Gasteiger partial charge in [-0.2, -0.15) is 5.10 Å². The van der Waals surface area contributed by atoms with E-state index >= 15 is 0 Å². The number of nitrogens with one attached hydrogen (secondary N) is 1. The minimum atomic E-state index is -1.72. The molecule has 5 heterocycles. The molecular weight excluding hydrogens is 689 g/mol. The van der Waals surface area contributed by atoms with Gasteiger partial charge in [-0.25, -0.2) is 23.4 Å². The van der Waals surface area contributed by atoms with Crippen molar-refractivity contribution in [2.45, 2.75) is 31.0 Å². The summed E-state index contributed by atoms with van der Waals surface area (Å²) < 4.78 is 33.6. The van der Waals surface area contributed by atoms with Gasteiger partial charge in [0.05, 0.1) is 28.1 Å². The summed E-state index contributed by atoms with van der Waals surface area (Å²) in [4.78, 5) is 38.1. The van der Waals surface area contributed by atoms with Crippen molar-refractivity contribution in [3.05, 3.63) is 130 Å². The Morgan fingerprint density at radius 1 is 0.981 bits per heavy atom. The van der Waals surface area contributed by atoms with Crippen molar-refractivity contribution >= 4 is 44.3 Å². The van der Waals surface area contributed by atoms with Crippen LogP contribution in [0.1, 0.15) is 28.1 Å². The first-order chi connectivity index (χ1) is 25.1. The van der Waals surface area contributed by atoms with Crippen molar-refractivity contribution < 1.29 is 18.7 Å². The number of piperidine rings is 1. The number of benzene rings is 3. The van der Waals surface area contributed by atoms with Crippen LogP contribution in [0.2, 0.25) is 0 Å². The van der Waals surface area contributed by atoms with E-state index in [4.69, 9.17) is 5.73 Å². The molecule has 4 N–H and O–H groups in total. The normalized spacial score (nSPS) is 15.3. The fourth-order valence-corrected chi connectivity index (χ4v) is 7.89. The molecule has 0 unspecified atom stereocenters. The molecule has 52 heavy (non-hydrogen) atoms. The predicted molar refractivity (Wildman–Crippen MR) is 194 cm³/mol. The highest BCUT2D eigenvalue weighted by Crippen LogP contribution is 2.31. The first-order valence-corrected chi connectivity index (χ1v) is 17.5. The molecular formula is C37H33F2N9O3S. The maximum atomic E-state index is 14.9. The summed E-state index contributed by atoms with van der Waals surface area (Å²) in [7, 11) is 0. The number of thiophene rings is 1. The van der Waals surface area contributed by atoms with Crippen molar-refractivity contribution in [1.82, 2.24) is 39.1 Å². The number of rotatable bonds is 9. The molecule has 1 atom stereocenters. The second-order valence-corrected chi connectivity index (χ2v) is 14.0. The number of likely N-dealkylation sites (tertiary alicyclic amines) is 1. The first-order valence-electron chi connectivity index (χ1n) is 16.7. The summed E-state index contributed by atoms with van der Waals surface area (Å²) in [5.41, 5.74) is 6.81. The third kappa shape index (κ3) is 6.33. The Labute approximate surface area is 299 Å². The molecule has 7 aromatic rings. The van der Waals surface area contributed by atoms with Gasteiger partial charge in [-0.15, -0.1) is 11.3 Å². The zero-order valence-corrected chi connectivity index (χ0v) is 28.5. The Kier molecular flexibility index (Phi) is 8.61. The highest BCUT2D eigenvalue weighted by molar-refractivity contribution is 7.20. The Morgan fingerprint density at radius 3 is 2.54 bits per heavy atom. The average Bonchev–Trinajstić information content (AvgIpc) is 3.90.